The second-order valence-electron chi connectivity index (χ2n) is 4.88. The molecule has 2 aliphatic heterocycles. The Bertz CT molecular complexity index is 297. The minimum Gasteiger partial charge on any atom is -0.433 e. The topological polar surface area (TPSA) is 80.8 Å². The fourth-order valence-electron chi connectivity index (χ4n) is 1.19. The lowest BCUT2D eigenvalue weighted by Crippen LogP contribution is -2.17. The quantitative estimate of drug-likeness (QED) is 0.311. The van der Waals surface area contributed by atoms with Gasteiger partial charge in [-0.05, 0) is 6.92 Å². The van der Waals surface area contributed by atoms with Gasteiger partial charge in [-0.15, -0.1) is 0 Å². The van der Waals surface area contributed by atoms with Gasteiger partial charge >= 0.3 is 5.97 Å². The molecular weight excluding hydrogens is 264 g/mol. The van der Waals surface area contributed by atoms with Crippen LogP contribution in [0.15, 0.2) is 12.2 Å². The van der Waals surface area contributed by atoms with Crippen molar-refractivity contribution in [1.82, 2.24) is 0 Å². The molecule has 2 aliphatic rings. The highest BCUT2D eigenvalue weighted by molar-refractivity contribution is 5.86. The summed E-state index contributed by atoms with van der Waals surface area (Å²) in [5.74, 6) is -0.536. The van der Waals surface area contributed by atoms with Crippen molar-refractivity contribution >= 4 is 5.97 Å². The van der Waals surface area contributed by atoms with Crippen molar-refractivity contribution in [2.75, 3.05) is 26.4 Å². The maximum atomic E-state index is 10.7. The van der Waals surface area contributed by atoms with Crippen LogP contribution >= 0.6 is 0 Å². The molecule has 20 heavy (non-hydrogen) atoms. The Balaban J connectivity index is 0.000000202. The van der Waals surface area contributed by atoms with E-state index in [2.05, 4.69) is 11.3 Å². The van der Waals surface area contributed by atoms with E-state index in [0.717, 1.165) is 32.8 Å². The maximum Gasteiger partial charge on any atom is 0.335 e. The van der Waals surface area contributed by atoms with Crippen LogP contribution in [0, 0.1) is 0 Å². The van der Waals surface area contributed by atoms with Gasteiger partial charge in [-0.3, -0.25) is 0 Å². The number of aliphatic hydroxyl groups is 1. The first kappa shape index (κ1) is 17.1. The molecule has 0 bridgehead atoms. The Labute approximate surface area is 119 Å². The summed E-state index contributed by atoms with van der Waals surface area (Å²) >= 11 is 0. The van der Waals surface area contributed by atoms with Crippen molar-refractivity contribution in [3.8, 4) is 0 Å². The molecule has 2 fully saturated rings. The molecule has 3 unspecified atom stereocenters. The van der Waals surface area contributed by atoms with Gasteiger partial charge in [0.1, 0.15) is 12.2 Å². The second-order valence-corrected chi connectivity index (χ2v) is 4.88. The van der Waals surface area contributed by atoms with Gasteiger partial charge in [-0.2, -0.15) is 0 Å². The van der Waals surface area contributed by atoms with Crippen molar-refractivity contribution < 1.29 is 28.8 Å². The summed E-state index contributed by atoms with van der Waals surface area (Å²) in [5.41, 5.74) is 0.306. The predicted molar refractivity (Wildman–Crippen MR) is 72.1 cm³/mol. The van der Waals surface area contributed by atoms with E-state index in [1.807, 2.05) is 6.92 Å². The molecule has 0 aromatic carbocycles. The third kappa shape index (κ3) is 9.03. The molecule has 0 aromatic heterocycles. The predicted octanol–water partition coefficient (Wildman–Crippen LogP) is 1.02. The monoisotopic (exact) mass is 288 g/mol. The van der Waals surface area contributed by atoms with Crippen molar-refractivity contribution in [3.05, 3.63) is 12.2 Å². The van der Waals surface area contributed by atoms with Crippen LogP contribution < -0.4 is 0 Å². The molecule has 2 rings (SSSR count). The lowest BCUT2D eigenvalue weighted by molar-refractivity contribution is -0.163. The normalized spacial score (nSPS) is 24.1. The lowest BCUT2D eigenvalue weighted by Gasteiger charge is -2.09. The highest BCUT2D eigenvalue weighted by Crippen LogP contribution is 2.12. The number of hydrogen-bond donors (Lipinski definition) is 1. The Kier molecular flexibility index (Phi) is 7.76. The molecule has 3 atom stereocenters. The Morgan fingerprint density at radius 1 is 1.35 bits per heavy atom. The fourth-order valence-corrected chi connectivity index (χ4v) is 1.19. The van der Waals surface area contributed by atoms with E-state index in [1.54, 1.807) is 6.92 Å². The minimum absolute atomic E-state index is 0.306. The van der Waals surface area contributed by atoms with Crippen LogP contribution in [-0.4, -0.2) is 56.0 Å². The van der Waals surface area contributed by atoms with Gasteiger partial charge in [0.15, 0.2) is 0 Å². The van der Waals surface area contributed by atoms with Gasteiger partial charge in [0.2, 0.25) is 6.29 Å². The van der Waals surface area contributed by atoms with Gasteiger partial charge in [-0.25, -0.2) is 4.79 Å². The molecule has 0 saturated carbocycles. The van der Waals surface area contributed by atoms with Gasteiger partial charge < -0.3 is 24.1 Å². The number of hydrogen-bond acceptors (Lipinski definition) is 6. The standard InChI is InChI=1S/C8H14O3.C6H10O3/c1-4-5-7(9)11-8(10)6(2)3;1(5-3-8-5)7-2-6-4-9-6/h7,9H,2,4-5H2,1,3H3;5-6H,1-4H2. The highest BCUT2D eigenvalue weighted by Gasteiger charge is 2.26. The van der Waals surface area contributed by atoms with Crippen LogP contribution in [0.4, 0.5) is 0 Å². The van der Waals surface area contributed by atoms with Crippen LogP contribution in [0.25, 0.3) is 0 Å². The fraction of sp³-hybridized carbons (Fsp3) is 0.786. The highest BCUT2D eigenvalue weighted by atomic mass is 16.6. The first-order valence-electron chi connectivity index (χ1n) is 6.88. The van der Waals surface area contributed by atoms with Crippen LogP contribution in [0.3, 0.4) is 0 Å². The SMILES string of the molecule is C(OCC1CO1)C1CO1.C=C(C)C(=O)OC(O)CCC. The number of carbonyl (C=O) groups is 1. The zero-order valence-corrected chi connectivity index (χ0v) is 12.2. The van der Waals surface area contributed by atoms with E-state index < -0.39 is 12.3 Å². The third-order valence-corrected chi connectivity index (χ3v) is 2.54. The Morgan fingerprint density at radius 3 is 2.20 bits per heavy atom. The van der Waals surface area contributed by atoms with Gasteiger partial charge in [0.25, 0.3) is 0 Å². The number of ether oxygens (including phenoxy) is 4. The van der Waals surface area contributed by atoms with Crippen molar-refractivity contribution in [2.24, 2.45) is 0 Å². The molecule has 0 amide bonds. The van der Waals surface area contributed by atoms with Crippen molar-refractivity contribution in [1.29, 1.82) is 0 Å². The average molecular weight is 288 g/mol. The van der Waals surface area contributed by atoms with Crippen LogP contribution in [-0.2, 0) is 23.7 Å². The maximum absolute atomic E-state index is 10.7. The zero-order chi connectivity index (χ0) is 15.0. The summed E-state index contributed by atoms with van der Waals surface area (Å²) in [6.07, 6.45) is 1.06. The molecule has 2 heterocycles. The van der Waals surface area contributed by atoms with E-state index in [4.69, 9.17) is 19.3 Å². The number of epoxide rings is 2. The van der Waals surface area contributed by atoms with Gasteiger partial charge in [-0.1, -0.05) is 19.9 Å². The molecule has 0 aromatic rings. The summed E-state index contributed by atoms with van der Waals surface area (Å²) in [6, 6.07) is 0. The number of carbonyl (C=O) groups excluding carboxylic acids is 1. The van der Waals surface area contributed by atoms with E-state index in [1.165, 1.54) is 0 Å². The van der Waals surface area contributed by atoms with Gasteiger partial charge in [0, 0.05) is 12.0 Å². The van der Waals surface area contributed by atoms with E-state index >= 15 is 0 Å². The molecule has 6 nitrogen and oxygen atoms in total. The summed E-state index contributed by atoms with van der Waals surface area (Å²) in [5, 5.41) is 8.98. The summed E-state index contributed by atoms with van der Waals surface area (Å²) in [6.45, 7) is 10.1. The zero-order valence-electron chi connectivity index (χ0n) is 12.2. The van der Waals surface area contributed by atoms with Gasteiger partial charge in [0.05, 0.1) is 26.4 Å². The average Bonchev–Trinajstić information content (AvgIpc) is 3.24. The molecule has 0 radical (unpaired) electrons. The van der Waals surface area contributed by atoms with E-state index in [0.29, 0.717) is 24.2 Å². The number of aliphatic hydroxyl groups excluding tert-OH is 1. The molecule has 116 valence electrons. The van der Waals surface area contributed by atoms with E-state index in [9.17, 15) is 4.79 Å². The Morgan fingerprint density at radius 2 is 1.85 bits per heavy atom. The molecule has 0 spiro atoms. The summed E-state index contributed by atoms with van der Waals surface area (Å²) in [4.78, 5) is 10.7. The molecule has 0 aliphatic carbocycles. The third-order valence-electron chi connectivity index (χ3n) is 2.54. The molecule has 6 heteroatoms. The Hall–Kier alpha value is -0.950. The minimum atomic E-state index is -0.982. The second kappa shape index (κ2) is 9.07. The smallest absolute Gasteiger partial charge is 0.335 e. The van der Waals surface area contributed by atoms with Crippen LogP contribution in [0.5, 0.6) is 0 Å². The summed E-state index contributed by atoms with van der Waals surface area (Å²) < 4.78 is 19.7. The first-order valence-corrected chi connectivity index (χ1v) is 6.88. The van der Waals surface area contributed by atoms with Crippen LogP contribution in [0.2, 0.25) is 0 Å². The number of rotatable bonds is 8. The molecule has 2 saturated heterocycles. The molecule has 1 N–H and O–H groups in total. The number of esters is 1. The summed E-state index contributed by atoms with van der Waals surface area (Å²) in [7, 11) is 0. The van der Waals surface area contributed by atoms with E-state index in [-0.39, 0.29) is 0 Å². The van der Waals surface area contributed by atoms with Crippen molar-refractivity contribution in [3.63, 3.8) is 0 Å². The largest absolute Gasteiger partial charge is 0.433 e. The van der Waals surface area contributed by atoms with Crippen molar-refractivity contribution in [2.45, 2.75) is 45.2 Å². The molecular formula is C14H24O6. The first-order chi connectivity index (χ1) is 9.52. The lowest BCUT2D eigenvalue weighted by atomic mass is 10.3. The van der Waals surface area contributed by atoms with Crippen LogP contribution in [0.1, 0.15) is 26.7 Å².